The van der Waals surface area contributed by atoms with Gasteiger partial charge in [-0.3, -0.25) is 4.79 Å². The predicted molar refractivity (Wildman–Crippen MR) is 149 cm³/mol. The molecule has 0 bridgehead atoms. The van der Waals surface area contributed by atoms with E-state index in [0.717, 1.165) is 0 Å². The van der Waals surface area contributed by atoms with Gasteiger partial charge in [0, 0.05) is 20.0 Å². The molecule has 0 saturated carbocycles. The van der Waals surface area contributed by atoms with Gasteiger partial charge in [0.15, 0.2) is 0 Å². The van der Waals surface area contributed by atoms with Gasteiger partial charge in [0.25, 0.3) is 8.32 Å². The van der Waals surface area contributed by atoms with Crippen LogP contribution in [0.1, 0.15) is 40.5 Å². The highest BCUT2D eigenvalue weighted by Crippen LogP contribution is 2.37. The van der Waals surface area contributed by atoms with Crippen molar-refractivity contribution in [3.8, 4) is 5.75 Å². The molecule has 3 aromatic rings. The summed E-state index contributed by atoms with van der Waals surface area (Å²) < 4.78 is 37.9. The molecule has 3 atom stereocenters. The van der Waals surface area contributed by atoms with Crippen LogP contribution in [0, 0.1) is 5.82 Å². The zero-order valence-corrected chi connectivity index (χ0v) is 23.6. The Hall–Kier alpha value is -3.00. The average Bonchev–Trinajstić information content (AvgIpc) is 3.27. The molecule has 4 rings (SSSR count). The molecule has 1 aliphatic rings. The molecule has 0 N–H and O–H groups in total. The van der Waals surface area contributed by atoms with Crippen molar-refractivity contribution in [2.45, 2.75) is 63.9 Å². The highest BCUT2D eigenvalue weighted by molar-refractivity contribution is 6.99. The topological polar surface area (TPSA) is 54.0 Å². The summed E-state index contributed by atoms with van der Waals surface area (Å²) in [4.78, 5) is 11.8. The van der Waals surface area contributed by atoms with E-state index in [4.69, 9.17) is 18.6 Å². The fraction of sp³-hybridized carbons (Fsp3) is 0.387. The summed E-state index contributed by atoms with van der Waals surface area (Å²) in [6.45, 7) is 8.90. The third-order valence-electron chi connectivity index (χ3n) is 6.98. The molecule has 1 heterocycles. The first kappa shape index (κ1) is 28.0. The first-order valence-corrected chi connectivity index (χ1v) is 15.1. The first-order valence-electron chi connectivity index (χ1n) is 13.1. The van der Waals surface area contributed by atoms with Crippen molar-refractivity contribution in [2.75, 3.05) is 13.2 Å². The van der Waals surface area contributed by atoms with E-state index in [9.17, 15) is 9.18 Å². The minimum absolute atomic E-state index is 0.132. The van der Waals surface area contributed by atoms with Crippen molar-refractivity contribution < 1.29 is 27.8 Å². The van der Waals surface area contributed by atoms with Crippen LogP contribution in [0.4, 0.5) is 4.39 Å². The van der Waals surface area contributed by atoms with Crippen LogP contribution in [0.5, 0.6) is 5.75 Å². The molecule has 1 fully saturated rings. The van der Waals surface area contributed by atoms with E-state index in [1.165, 1.54) is 29.4 Å². The van der Waals surface area contributed by atoms with Crippen molar-refractivity contribution >= 4 is 24.7 Å². The Labute approximate surface area is 226 Å². The SMILES string of the molecule is CC(=O)O[C@H]1C[C@@H](COc2ccc(F)cc2)O[C@H]1CCO[Si](c1ccccc1)(c1ccccc1)C(C)(C)C. The smallest absolute Gasteiger partial charge is 0.302 e. The van der Waals surface area contributed by atoms with Crippen LogP contribution in [0.25, 0.3) is 0 Å². The Morgan fingerprint density at radius 1 is 0.947 bits per heavy atom. The van der Waals surface area contributed by atoms with Gasteiger partial charge in [-0.2, -0.15) is 0 Å². The van der Waals surface area contributed by atoms with E-state index in [2.05, 4.69) is 69.3 Å². The molecule has 0 radical (unpaired) electrons. The van der Waals surface area contributed by atoms with Gasteiger partial charge in [-0.05, 0) is 46.1 Å². The second-order valence-corrected chi connectivity index (χ2v) is 15.1. The van der Waals surface area contributed by atoms with E-state index >= 15 is 0 Å². The summed E-state index contributed by atoms with van der Waals surface area (Å²) >= 11 is 0. The third-order valence-corrected chi connectivity index (χ3v) is 12.0. The Balaban J connectivity index is 1.49. The van der Waals surface area contributed by atoms with Gasteiger partial charge in [0.05, 0.1) is 12.2 Å². The third kappa shape index (κ3) is 6.52. The Morgan fingerprint density at radius 2 is 1.53 bits per heavy atom. The second-order valence-electron chi connectivity index (χ2n) is 10.7. The van der Waals surface area contributed by atoms with Crippen molar-refractivity contribution in [3.63, 3.8) is 0 Å². The van der Waals surface area contributed by atoms with Crippen molar-refractivity contribution in [2.24, 2.45) is 0 Å². The van der Waals surface area contributed by atoms with Gasteiger partial charge < -0.3 is 18.6 Å². The van der Waals surface area contributed by atoms with Gasteiger partial charge in [0.2, 0.25) is 0 Å². The molecule has 5 nitrogen and oxygen atoms in total. The maximum Gasteiger partial charge on any atom is 0.302 e. The molecule has 1 aliphatic heterocycles. The van der Waals surface area contributed by atoms with Crippen LogP contribution in [0.15, 0.2) is 84.9 Å². The number of rotatable bonds is 10. The van der Waals surface area contributed by atoms with Crippen molar-refractivity contribution in [1.29, 1.82) is 0 Å². The number of carbonyl (C=O) groups is 1. The Bertz CT molecular complexity index is 1120. The number of carbonyl (C=O) groups excluding carboxylic acids is 1. The summed E-state index contributed by atoms with van der Waals surface area (Å²) in [6, 6.07) is 26.9. The van der Waals surface area contributed by atoms with Crippen LogP contribution >= 0.6 is 0 Å². The second kappa shape index (κ2) is 12.2. The molecule has 0 amide bonds. The molecular weight excluding hydrogens is 499 g/mol. The molecule has 202 valence electrons. The Kier molecular flexibility index (Phi) is 9.02. The maximum absolute atomic E-state index is 13.2. The summed E-state index contributed by atoms with van der Waals surface area (Å²) in [5.41, 5.74) is 0. The molecule has 0 aromatic heterocycles. The number of benzene rings is 3. The zero-order valence-electron chi connectivity index (χ0n) is 22.6. The number of ether oxygens (including phenoxy) is 3. The van der Waals surface area contributed by atoms with E-state index < -0.39 is 8.32 Å². The van der Waals surface area contributed by atoms with Gasteiger partial charge in [0.1, 0.15) is 24.3 Å². The van der Waals surface area contributed by atoms with Crippen molar-refractivity contribution in [1.82, 2.24) is 0 Å². The van der Waals surface area contributed by atoms with Gasteiger partial charge in [-0.25, -0.2) is 4.39 Å². The monoisotopic (exact) mass is 536 g/mol. The lowest BCUT2D eigenvalue weighted by Crippen LogP contribution is -2.66. The molecule has 7 heteroatoms. The van der Waals surface area contributed by atoms with Crippen LogP contribution in [0.3, 0.4) is 0 Å². The molecule has 0 aliphatic carbocycles. The highest BCUT2D eigenvalue weighted by atomic mass is 28.4. The fourth-order valence-corrected chi connectivity index (χ4v) is 9.89. The lowest BCUT2D eigenvalue weighted by molar-refractivity contribution is -0.149. The summed E-state index contributed by atoms with van der Waals surface area (Å²) in [5, 5.41) is 2.30. The number of halogens is 1. The zero-order chi connectivity index (χ0) is 27.2. The predicted octanol–water partition coefficient (Wildman–Crippen LogP) is 5.26. The van der Waals surface area contributed by atoms with Crippen LogP contribution in [-0.4, -0.2) is 45.8 Å². The molecule has 38 heavy (non-hydrogen) atoms. The van der Waals surface area contributed by atoms with E-state index in [1.54, 1.807) is 12.1 Å². The van der Waals surface area contributed by atoms with E-state index in [1.807, 2.05) is 12.1 Å². The Morgan fingerprint density at radius 3 is 2.05 bits per heavy atom. The molecule has 0 spiro atoms. The number of hydrogen-bond acceptors (Lipinski definition) is 5. The largest absolute Gasteiger partial charge is 0.491 e. The quantitative estimate of drug-likeness (QED) is 0.261. The molecular formula is C31H37FO5Si. The van der Waals surface area contributed by atoms with E-state index in [0.29, 0.717) is 25.2 Å². The fourth-order valence-electron chi connectivity index (χ4n) is 5.31. The van der Waals surface area contributed by atoms with Crippen LogP contribution in [-0.2, 0) is 18.7 Å². The van der Waals surface area contributed by atoms with Gasteiger partial charge >= 0.3 is 5.97 Å². The summed E-state index contributed by atoms with van der Waals surface area (Å²) in [7, 11) is -2.67. The minimum Gasteiger partial charge on any atom is -0.491 e. The number of hydrogen-bond donors (Lipinski definition) is 0. The van der Waals surface area contributed by atoms with Crippen LogP contribution < -0.4 is 15.1 Å². The molecule has 3 aromatic carbocycles. The van der Waals surface area contributed by atoms with Gasteiger partial charge in [-0.15, -0.1) is 0 Å². The average molecular weight is 537 g/mol. The number of esters is 1. The minimum atomic E-state index is -2.67. The lowest BCUT2D eigenvalue weighted by Gasteiger charge is -2.43. The lowest BCUT2D eigenvalue weighted by atomic mass is 10.1. The van der Waals surface area contributed by atoms with E-state index in [-0.39, 0.29) is 41.7 Å². The van der Waals surface area contributed by atoms with Crippen molar-refractivity contribution in [3.05, 3.63) is 90.7 Å². The summed E-state index contributed by atoms with van der Waals surface area (Å²) in [6.07, 6.45) is 0.179. The summed E-state index contributed by atoms with van der Waals surface area (Å²) in [5.74, 6) is -0.0838. The standard InChI is InChI=1S/C31H37FO5Si/c1-23(33)36-30-21-26(22-34-25-17-15-24(32)16-18-25)37-29(30)19-20-35-38(31(2,3)4,27-11-7-5-8-12-27)28-13-9-6-10-14-28/h5-18,26,29-30H,19-22H2,1-4H3/t26-,29-,30-/m0/s1. The maximum atomic E-state index is 13.2. The molecule has 0 unspecified atom stereocenters. The first-order chi connectivity index (χ1) is 18.2. The molecule has 1 saturated heterocycles. The van der Waals surface area contributed by atoms with Crippen LogP contribution in [0.2, 0.25) is 5.04 Å². The highest BCUT2D eigenvalue weighted by Gasteiger charge is 2.50. The normalized spacial score (nSPS) is 19.8. The van der Waals surface area contributed by atoms with Gasteiger partial charge in [-0.1, -0.05) is 81.4 Å².